The third-order valence-corrected chi connectivity index (χ3v) is 17.0. The Morgan fingerprint density at radius 2 is 1.53 bits per heavy atom. The Bertz CT molecular complexity index is 1440. The molecule has 0 spiro atoms. The maximum absolute atomic E-state index is 13.0. The highest BCUT2D eigenvalue weighted by Crippen LogP contribution is 2.76. The Morgan fingerprint density at radius 3 is 2.21 bits per heavy atom. The van der Waals surface area contributed by atoms with Gasteiger partial charge in [-0.05, 0) is 111 Å². The molecule has 2 aliphatic heterocycles. The minimum Gasteiger partial charge on any atom is -0.481 e. The first-order valence-electron chi connectivity index (χ1n) is 20.2. The summed E-state index contributed by atoms with van der Waals surface area (Å²) in [5, 5.41) is 74.9. The van der Waals surface area contributed by atoms with E-state index in [4.69, 9.17) is 18.9 Å². The van der Waals surface area contributed by atoms with E-state index in [2.05, 4.69) is 47.6 Å². The van der Waals surface area contributed by atoms with Crippen LogP contribution in [0.15, 0.2) is 11.6 Å². The highest BCUT2D eigenvalue weighted by Gasteiger charge is 2.70. The van der Waals surface area contributed by atoms with E-state index in [-0.39, 0.29) is 46.7 Å². The van der Waals surface area contributed by atoms with E-state index in [1.165, 1.54) is 12.5 Å². The zero-order chi connectivity index (χ0) is 38.7. The summed E-state index contributed by atoms with van der Waals surface area (Å²) in [6.45, 7) is 15.1. The van der Waals surface area contributed by atoms with Crippen LogP contribution >= 0.6 is 0 Å². The lowest BCUT2D eigenvalue weighted by Gasteiger charge is -2.71. The van der Waals surface area contributed by atoms with Crippen LogP contribution in [0.1, 0.15) is 113 Å². The number of allylic oxidation sites excluding steroid dienone is 2. The van der Waals surface area contributed by atoms with Gasteiger partial charge in [0.2, 0.25) is 0 Å². The van der Waals surface area contributed by atoms with Crippen LogP contribution in [-0.4, -0.2) is 116 Å². The van der Waals surface area contributed by atoms with Crippen molar-refractivity contribution >= 4 is 5.97 Å². The topological polar surface area (TPSA) is 196 Å². The Morgan fingerprint density at radius 1 is 0.830 bits per heavy atom. The average Bonchev–Trinajstić information content (AvgIpc) is 3.10. The molecule has 53 heavy (non-hydrogen) atoms. The number of hydrogen-bond acceptors (Lipinski definition) is 11. The van der Waals surface area contributed by atoms with Crippen molar-refractivity contribution in [2.75, 3.05) is 13.2 Å². The molecule has 0 aromatic carbocycles. The van der Waals surface area contributed by atoms with Crippen LogP contribution in [0.2, 0.25) is 0 Å². The fourth-order valence-corrected chi connectivity index (χ4v) is 13.3. The van der Waals surface area contributed by atoms with Gasteiger partial charge in [-0.3, -0.25) is 4.79 Å². The third kappa shape index (κ3) is 5.85. The number of aliphatic hydroxyl groups is 6. The van der Waals surface area contributed by atoms with Gasteiger partial charge < -0.3 is 54.7 Å². The van der Waals surface area contributed by atoms with Crippen LogP contribution in [0.5, 0.6) is 0 Å². The molecule has 0 aromatic rings. The Balaban J connectivity index is 1.15. The van der Waals surface area contributed by atoms with Crippen molar-refractivity contribution in [2.45, 2.75) is 174 Å². The fourth-order valence-electron chi connectivity index (χ4n) is 13.3. The van der Waals surface area contributed by atoms with Gasteiger partial charge in [-0.25, -0.2) is 0 Å². The molecule has 4 saturated carbocycles. The number of ether oxygens (including phenoxy) is 4. The Kier molecular flexibility index (Phi) is 10.2. The first-order valence-corrected chi connectivity index (χ1v) is 20.2. The summed E-state index contributed by atoms with van der Waals surface area (Å²) in [5.41, 5.74) is -0.239. The number of hydrogen-bond donors (Lipinski definition) is 7. The number of rotatable bonds is 6. The van der Waals surface area contributed by atoms with Gasteiger partial charge in [-0.15, -0.1) is 0 Å². The fraction of sp³-hybridized carbons (Fsp3) is 0.927. The predicted molar refractivity (Wildman–Crippen MR) is 192 cm³/mol. The molecule has 0 bridgehead atoms. The normalized spacial score (nSPS) is 55.1. The first-order chi connectivity index (χ1) is 24.7. The SMILES string of the molecule is CC1O[C@@H](OC2[C@H](O[C@H]3CC[C@@]4(C)[C@@H](CC[C@]5(C)[C@@H]4CC=C4[C@@H]6CC(C)(C)CC[C@]6(C(=O)O)CC[C@]45C)[C@]3(C)CO)OC[C@H](O)[C@@H]2O)C(O)C(O)[C@H]1O. The molecule has 0 radical (unpaired) electrons. The lowest BCUT2D eigenvalue weighted by atomic mass is 9.33. The second-order valence-electron chi connectivity index (χ2n) is 20.0. The highest BCUT2D eigenvalue weighted by atomic mass is 16.8. The summed E-state index contributed by atoms with van der Waals surface area (Å²) in [7, 11) is 0. The molecule has 0 aromatic heterocycles. The summed E-state index contributed by atoms with van der Waals surface area (Å²) in [6.07, 6.45) is -1.79. The van der Waals surface area contributed by atoms with Crippen LogP contribution < -0.4 is 0 Å². The number of fused-ring (bicyclic) bond motifs is 7. The lowest BCUT2D eigenvalue weighted by molar-refractivity contribution is -0.365. The van der Waals surface area contributed by atoms with Gasteiger partial charge in [0.15, 0.2) is 12.6 Å². The van der Waals surface area contributed by atoms with Gasteiger partial charge in [0.1, 0.15) is 36.6 Å². The van der Waals surface area contributed by atoms with Gasteiger partial charge in [-0.1, -0.05) is 53.2 Å². The van der Waals surface area contributed by atoms with E-state index in [1.54, 1.807) is 0 Å². The summed E-state index contributed by atoms with van der Waals surface area (Å²) in [4.78, 5) is 13.0. The van der Waals surface area contributed by atoms with Crippen LogP contribution in [0.4, 0.5) is 0 Å². The van der Waals surface area contributed by atoms with Gasteiger partial charge in [-0.2, -0.15) is 0 Å². The molecule has 18 atom stereocenters. The van der Waals surface area contributed by atoms with E-state index < -0.39 is 78.2 Å². The van der Waals surface area contributed by atoms with Crippen molar-refractivity contribution in [2.24, 2.45) is 50.2 Å². The molecule has 7 N–H and O–H groups in total. The molecule has 5 aliphatic carbocycles. The van der Waals surface area contributed by atoms with Crippen molar-refractivity contribution in [1.82, 2.24) is 0 Å². The van der Waals surface area contributed by atoms with Crippen LogP contribution in [-0.2, 0) is 23.7 Å². The standard InChI is InChI=1S/C41H66O12/c1-21-28(44)30(46)31(47)33(51-21)53-32-29(45)24(43)19-50-34(32)52-27-11-12-37(4)25(38(27,5)20-42)10-13-40(7)26(37)9-8-22-23-18-36(2,3)14-16-41(23,35(48)49)17-15-39(22,40)6/h8,21,23-34,42-47H,9-20H2,1-7H3,(H,48,49)/t21?,23-,24-,25+,26+,27-,28-,29-,30?,31?,32?,33-,34-,37-,38-,39+,40+,41-/m0/s1. The zero-order valence-corrected chi connectivity index (χ0v) is 32.7. The van der Waals surface area contributed by atoms with Crippen LogP contribution in [0, 0.1) is 50.2 Å². The minimum absolute atomic E-state index is 0.0360. The van der Waals surface area contributed by atoms with Crippen LogP contribution in [0.25, 0.3) is 0 Å². The number of aliphatic carboxylic acids is 1. The van der Waals surface area contributed by atoms with Gasteiger partial charge in [0.25, 0.3) is 0 Å². The molecule has 7 aliphatic rings. The molecule has 4 unspecified atom stereocenters. The zero-order valence-electron chi connectivity index (χ0n) is 32.7. The molecular formula is C41H66O12. The van der Waals surface area contributed by atoms with Crippen molar-refractivity contribution in [3.8, 4) is 0 Å². The molecule has 12 nitrogen and oxygen atoms in total. The second kappa shape index (κ2) is 13.5. The van der Waals surface area contributed by atoms with Crippen molar-refractivity contribution in [1.29, 1.82) is 0 Å². The molecule has 2 saturated heterocycles. The summed E-state index contributed by atoms with van der Waals surface area (Å²) >= 11 is 0. The number of carboxylic acids is 1. The van der Waals surface area contributed by atoms with E-state index in [0.717, 1.165) is 51.4 Å². The number of carbonyl (C=O) groups is 1. The first kappa shape index (κ1) is 40.0. The van der Waals surface area contributed by atoms with Crippen molar-refractivity contribution < 1.29 is 59.5 Å². The lowest BCUT2D eigenvalue weighted by Crippen LogP contribution is -2.67. The maximum Gasteiger partial charge on any atom is 0.310 e. The average molecular weight is 751 g/mol. The smallest absolute Gasteiger partial charge is 0.310 e. The third-order valence-electron chi connectivity index (χ3n) is 17.0. The van der Waals surface area contributed by atoms with Crippen LogP contribution in [0.3, 0.4) is 0 Å². The van der Waals surface area contributed by atoms with E-state index in [1.807, 2.05) is 0 Å². The largest absolute Gasteiger partial charge is 0.481 e. The second-order valence-corrected chi connectivity index (χ2v) is 20.0. The number of aliphatic hydroxyl groups excluding tert-OH is 6. The summed E-state index contributed by atoms with van der Waals surface area (Å²) in [6, 6.07) is 0. The number of carboxylic acid groups (broad SMARTS) is 1. The predicted octanol–water partition coefficient (Wildman–Crippen LogP) is 3.52. The Labute approximate surface area is 314 Å². The maximum atomic E-state index is 13.0. The molecule has 2 heterocycles. The molecule has 7 rings (SSSR count). The van der Waals surface area contributed by atoms with E-state index in [0.29, 0.717) is 18.8 Å². The summed E-state index contributed by atoms with van der Waals surface area (Å²) < 4.78 is 24.3. The molecule has 6 fully saturated rings. The molecule has 12 heteroatoms. The highest BCUT2D eigenvalue weighted by molar-refractivity contribution is 5.76. The quantitative estimate of drug-likeness (QED) is 0.155. The van der Waals surface area contributed by atoms with Crippen molar-refractivity contribution in [3.63, 3.8) is 0 Å². The molecule has 302 valence electrons. The van der Waals surface area contributed by atoms with Gasteiger partial charge in [0.05, 0.1) is 30.8 Å². The van der Waals surface area contributed by atoms with Gasteiger partial charge in [0, 0.05) is 5.41 Å². The van der Waals surface area contributed by atoms with Crippen molar-refractivity contribution in [3.05, 3.63) is 11.6 Å². The molecule has 0 amide bonds. The van der Waals surface area contributed by atoms with E-state index >= 15 is 0 Å². The Hall–Kier alpha value is -1.19. The summed E-state index contributed by atoms with van der Waals surface area (Å²) in [5.74, 6) is -0.194. The van der Waals surface area contributed by atoms with E-state index in [9.17, 15) is 40.5 Å². The monoisotopic (exact) mass is 750 g/mol. The molecular weight excluding hydrogens is 684 g/mol. The van der Waals surface area contributed by atoms with Gasteiger partial charge >= 0.3 is 5.97 Å². The minimum atomic E-state index is -1.62.